The highest BCUT2D eigenvalue weighted by molar-refractivity contribution is 9.10. The third kappa shape index (κ3) is 2.04. The molecule has 0 saturated carbocycles. The summed E-state index contributed by atoms with van der Waals surface area (Å²) >= 11 is 3.08. The first kappa shape index (κ1) is 11.7. The molecule has 0 N–H and O–H groups in total. The molecular formula is C12H12BrFO2. The molecule has 2 atom stereocenters. The van der Waals surface area contributed by atoms with Crippen molar-refractivity contribution in [2.24, 2.45) is 5.92 Å². The van der Waals surface area contributed by atoms with Gasteiger partial charge in [0.1, 0.15) is 5.82 Å². The maximum Gasteiger partial charge on any atom is 0.171 e. The van der Waals surface area contributed by atoms with Crippen LogP contribution in [-0.4, -0.2) is 18.5 Å². The van der Waals surface area contributed by atoms with E-state index in [0.29, 0.717) is 17.5 Å². The number of ketones is 1. The van der Waals surface area contributed by atoms with E-state index in [2.05, 4.69) is 15.9 Å². The molecule has 0 bridgehead atoms. The molecule has 0 amide bonds. The van der Waals surface area contributed by atoms with E-state index in [4.69, 9.17) is 4.74 Å². The number of Topliss-reactive ketones (excluding diaryl/α,β-unsaturated/α-hetero) is 1. The number of ether oxygens (including phenoxy) is 1. The van der Waals surface area contributed by atoms with Gasteiger partial charge in [0, 0.05) is 6.61 Å². The lowest BCUT2D eigenvalue weighted by molar-refractivity contribution is 0.0761. The van der Waals surface area contributed by atoms with E-state index in [0.717, 1.165) is 0 Å². The number of hydrogen-bond acceptors (Lipinski definition) is 2. The van der Waals surface area contributed by atoms with Crippen molar-refractivity contribution in [3.63, 3.8) is 0 Å². The Morgan fingerprint density at radius 1 is 1.56 bits per heavy atom. The lowest BCUT2D eigenvalue weighted by Crippen LogP contribution is -2.22. The van der Waals surface area contributed by atoms with Crippen LogP contribution in [0, 0.1) is 11.7 Å². The molecule has 16 heavy (non-hydrogen) atoms. The predicted octanol–water partition coefficient (Wildman–Crippen LogP) is 3.20. The molecule has 1 saturated heterocycles. The van der Waals surface area contributed by atoms with Gasteiger partial charge in [0.25, 0.3) is 0 Å². The molecule has 1 aliphatic rings. The number of hydrogen-bond donors (Lipinski definition) is 0. The molecule has 1 aromatic rings. The summed E-state index contributed by atoms with van der Waals surface area (Å²) in [7, 11) is 0. The van der Waals surface area contributed by atoms with Crippen LogP contribution in [0.5, 0.6) is 0 Å². The average Bonchev–Trinajstić information content (AvgIpc) is 2.68. The van der Waals surface area contributed by atoms with Gasteiger partial charge in [-0.2, -0.15) is 0 Å². The second-order valence-electron chi connectivity index (χ2n) is 3.94. The third-order valence-corrected chi connectivity index (χ3v) is 3.54. The molecule has 0 spiro atoms. The minimum Gasteiger partial charge on any atom is -0.378 e. The van der Waals surface area contributed by atoms with Crippen molar-refractivity contribution in [3.8, 4) is 0 Å². The first-order valence-electron chi connectivity index (χ1n) is 5.21. The van der Waals surface area contributed by atoms with Gasteiger partial charge in [-0.3, -0.25) is 4.79 Å². The molecule has 2 unspecified atom stereocenters. The summed E-state index contributed by atoms with van der Waals surface area (Å²) in [6, 6.07) is 4.77. The first-order valence-corrected chi connectivity index (χ1v) is 6.00. The Balaban J connectivity index is 2.30. The largest absolute Gasteiger partial charge is 0.378 e. The average molecular weight is 287 g/mol. The van der Waals surface area contributed by atoms with Gasteiger partial charge in [-0.1, -0.05) is 6.07 Å². The van der Waals surface area contributed by atoms with Gasteiger partial charge in [-0.15, -0.1) is 0 Å². The van der Waals surface area contributed by atoms with Gasteiger partial charge < -0.3 is 4.74 Å². The van der Waals surface area contributed by atoms with E-state index >= 15 is 0 Å². The number of benzene rings is 1. The minimum atomic E-state index is -0.480. The molecule has 2 nitrogen and oxygen atoms in total. The highest BCUT2D eigenvalue weighted by Gasteiger charge is 2.32. The molecular weight excluding hydrogens is 275 g/mol. The van der Waals surface area contributed by atoms with E-state index in [-0.39, 0.29) is 23.4 Å². The van der Waals surface area contributed by atoms with Crippen LogP contribution in [0.2, 0.25) is 0 Å². The molecule has 4 heteroatoms. The fraction of sp³-hybridized carbons (Fsp3) is 0.417. The Labute approximate surface area is 102 Å². The van der Waals surface area contributed by atoms with Gasteiger partial charge >= 0.3 is 0 Å². The Morgan fingerprint density at radius 2 is 2.31 bits per heavy atom. The number of rotatable bonds is 2. The van der Waals surface area contributed by atoms with Crippen molar-refractivity contribution in [1.29, 1.82) is 0 Å². The predicted molar refractivity (Wildman–Crippen MR) is 62.0 cm³/mol. The zero-order valence-corrected chi connectivity index (χ0v) is 10.5. The Hall–Kier alpha value is -0.740. The van der Waals surface area contributed by atoms with Gasteiger partial charge in [-0.05, 0) is 41.4 Å². The summed E-state index contributed by atoms with van der Waals surface area (Å²) in [4.78, 5) is 12.1. The fourth-order valence-corrected chi connectivity index (χ4v) is 2.34. The third-order valence-electron chi connectivity index (χ3n) is 2.93. The standard InChI is InChI=1S/C12H12BrFO2/c1-7-8(5-6-16-7)12(15)9-3-2-4-10(13)11(9)14/h2-4,7-8H,5-6H2,1H3. The van der Waals surface area contributed by atoms with Crippen molar-refractivity contribution >= 4 is 21.7 Å². The van der Waals surface area contributed by atoms with E-state index in [9.17, 15) is 9.18 Å². The van der Waals surface area contributed by atoms with Crippen LogP contribution in [0.15, 0.2) is 22.7 Å². The maximum atomic E-state index is 13.7. The van der Waals surface area contributed by atoms with Crippen molar-refractivity contribution in [2.75, 3.05) is 6.61 Å². The minimum absolute atomic E-state index is 0.120. The normalized spacial score (nSPS) is 24.7. The summed E-state index contributed by atoms with van der Waals surface area (Å²) in [5.41, 5.74) is 0.150. The van der Waals surface area contributed by atoms with Crippen LogP contribution in [0.25, 0.3) is 0 Å². The maximum absolute atomic E-state index is 13.7. The Bertz CT molecular complexity index is 419. The quantitative estimate of drug-likeness (QED) is 0.781. The van der Waals surface area contributed by atoms with Crippen LogP contribution >= 0.6 is 15.9 Å². The summed E-state index contributed by atoms with van der Waals surface area (Å²) < 4.78 is 19.4. The lowest BCUT2D eigenvalue weighted by atomic mass is 9.92. The molecule has 1 aliphatic heterocycles. The highest BCUT2D eigenvalue weighted by atomic mass is 79.9. The van der Waals surface area contributed by atoms with E-state index in [1.165, 1.54) is 6.07 Å². The van der Waals surface area contributed by atoms with Crippen LogP contribution < -0.4 is 0 Å². The van der Waals surface area contributed by atoms with Gasteiger partial charge in [0.15, 0.2) is 5.78 Å². The SMILES string of the molecule is CC1OCCC1C(=O)c1cccc(Br)c1F. The van der Waals surface area contributed by atoms with Gasteiger partial charge in [0.2, 0.25) is 0 Å². The summed E-state index contributed by atoms with van der Waals surface area (Å²) in [5, 5.41) is 0. The topological polar surface area (TPSA) is 26.3 Å². The smallest absolute Gasteiger partial charge is 0.171 e. The van der Waals surface area contributed by atoms with Crippen LogP contribution in [0.3, 0.4) is 0 Å². The number of carbonyl (C=O) groups excluding carboxylic acids is 1. The Morgan fingerprint density at radius 3 is 2.94 bits per heavy atom. The Kier molecular flexibility index (Phi) is 3.40. The van der Waals surface area contributed by atoms with Crippen molar-refractivity contribution in [1.82, 2.24) is 0 Å². The molecule has 1 heterocycles. The summed E-state index contributed by atoms with van der Waals surface area (Å²) in [6.07, 6.45) is 0.553. The van der Waals surface area contributed by atoms with E-state index in [1.807, 2.05) is 6.92 Å². The number of carbonyl (C=O) groups is 1. The zero-order valence-electron chi connectivity index (χ0n) is 8.87. The zero-order chi connectivity index (χ0) is 11.7. The second kappa shape index (κ2) is 4.63. The fourth-order valence-electron chi connectivity index (χ4n) is 1.97. The lowest BCUT2D eigenvalue weighted by Gasteiger charge is -2.13. The second-order valence-corrected chi connectivity index (χ2v) is 4.79. The highest BCUT2D eigenvalue weighted by Crippen LogP contribution is 2.27. The van der Waals surface area contributed by atoms with Crippen molar-refractivity contribution < 1.29 is 13.9 Å². The van der Waals surface area contributed by atoms with Gasteiger partial charge in [-0.25, -0.2) is 4.39 Å². The van der Waals surface area contributed by atoms with E-state index < -0.39 is 5.82 Å². The van der Waals surface area contributed by atoms with Crippen LogP contribution in [-0.2, 0) is 4.74 Å². The van der Waals surface area contributed by atoms with Gasteiger partial charge in [0.05, 0.1) is 22.1 Å². The first-order chi connectivity index (χ1) is 7.61. The molecule has 0 radical (unpaired) electrons. The molecule has 86 valence electrons. The van der Waals surface area contributed by atoms with Crippen LogP contribution in [0.4, 0.5) is 4.39 Å². The number of halogens is 2. The van der Waals surface area contributed by atoms with Crippen molar-refractivity contribution in [3.05, 3.63) is 34.1 Å². The molecule has 0 aliphatic carbocycles. The molecule has 1 aromatic carbocycles. The summed E-state index contributed by atoms with van der Waals surface area (Å²) in [5.74, 6) is -0.862. The molecule has 0 aromatic heterocycles. The van der Waals surface area contributed by atoms with E-state index in [1.54, 1.807) is 12.1 Å². The molecule has 1 fully saturated rings. The van der Waals surface area contributed by atoms with Crippen molar-refractivity contribution in [2.45, 2.75) is 19.4 Å². The van der Waals surface area contributed by atoms with Crippen LogP contribution in [0.1, 0.15) is 23.7 Å². The summed E-state index contributed by atoms with van der Waals surface area (Å²) in [6.45, 7) is 2.43. The monoisotopic (exact) mass is 286 g/mol. The molecule has 2 rings (SSSR count).